The summed E-state index contributed by atoms with van der Waals surface area (Å²) >= 11 is 0. The Hall–Kier alpha value is -3.44. The fourth-order valence-electron chi connectivity index (χ4n) is 3.47. The van der Waals surface area contributed by atoms with Crippen molar-refractivity contribution in [2.75, 3.05) is 17.1 Å². The van der Waals surface area contributed by atoms with Crippen molar-refractivity contribution in [1.82, 2.24) is 15.5 Å². The molecule has 0 amide bonds. The maximum Gasteiger partial charge on any atom is 0.170 e. The molecule has 1 N–H and O–H groups in total. The van der Waals surface area contributed by atoms with E-state index in [1.807, 2.05) is 42.5 Å². The SMILES string of the molecule is CN1NN(Cc2ccc3ncccc3c2)c2nc(-c3ccccc3)ccc21. The van der Waals surface area contributed by atoms with Crippen molar-refractivity contribution in [3.8, 4) is 11.3 Å². The summed E-state index contributed by atoms with van der Waals surface area (Å²) in [7, 11) is 2.01. The van der Waals surface area contributed by atoms with Crippen molar-refractivity contribution in [3.05, 3.63) is 84.6 Å². The van der Waals surface area contributed by atoms with Gasteiger partial charge in [-0.05, 0) is 35.9 Å². The lowest BCUT2D eigenvalue weighted by Crippen LogP contribution is -2.41. The lowest BCUT2D eigenvalue weighted by molar-refractivity contribution is 0.646. The van der Waals surface area contributed by atoms with E-state index in [1.54, 1.807) is 0 Å². The minimum absolute atomic E-state index is 0.716. The zero-order chi connectivity index (χ0) is 18.2. The van der Waals surface area contributed by atoms with E-state index >= 15 is 0 Å². The van der Waals surface area contributed by atoms with E-state index < -0.39 is 0 Å². The van der Waals surface area contributed by atoms with Gasteiger partial charge in [0.1, 0.15) is 0 Å². The third-order valence-corrected chi connectivity index (χ3v) is 4.82. The van der Waals surface area contributed by atoms with Gasteiger partial charge in [0, 0.05) is 24.2 Å². The number of rotatable bonds is 3. The summed E-state index contributed by atoms with van der Waals surface area (Å²) in [4.78, 5) is 9.32. The number of hydrogen-bond donors (Lipinski definition) is 1. The van der Waals surface area contributed by atoms with Crippen molar-refractivity contribution in [3.63, 3.8) is 0 Å². The molecule has 5 nitrogen and oxygen atoms in total. The molecule has 0 radical (unpaired) electrons. The summed E-state index contributed by atoms with van der Waals surface area (Å²) in [5.74, 6) is 0.935. The van der Waals surface area contributed by atoms with Crippen molar-refractivity contribution in [2.24, 2.45) is 0 Å². The van der Waals surface area contributed by atoms with Crippen LogP contribution in [0.5, 0.6) is 0 Å². The quantitative estimate of drug-likeness (QED) is 0.599. The van der Waals surface area contributed by atoms with Crippen LogP contribution in [-0.4, -0.2) is 17.0 Å². The van der Waals surface area contributed by atoms with Crippen LogP contribution in [0.4, 0.5) is 11.5 Å². The number of fused-ring (bicyclic) bond motifs is 2. The molecule has 0 spiro atoms. The molecular weight excluding hydrogens is 334 g/mol. The molecule has 1 aliphatic heterocycles. The largest absolute Gasteiger partial charge is 0.290 e. The molecular formula is C22H19N5. The van der Waals surface area contributed by atoms with Crippen LogP contribution in [-0.2, 0) is 6.54 Å². The predicted molar refractivity (Wildman–Crippen MR) is 109 cm³/mol. The van der Waals surface area contributed by atoms with Gasteiger partial charge in [0.25, 0.3) is 0 Å². The highest BCUT2D eigenvalue weighted by Crippen LogP contribution is 2.34. The summed E-state index contributed by atoms with van der Waals surface area (Å²) in [6.07, 6.45) is 1.82. The first-order valence-corrected chi connectivity index (χ1v) is 8.96. The molecule has 0 bridgehead atoms. The van der Waals surface area contributed by atoms with Gasteiger partial charge in [0.05, 0.1) is 23.4 Å². The van der Waals surface area contributed by atoms with Gasteiger partial charge in [-0.15, -0.1) is 5.53 Å². The molecule has 1 aliphatic rings. The summed E-state index contributed by atoms with van der Waals surface area (Å²) in [6, 6.07) is 24.9. The Morgan fingerprint density at radius 3 is 2.70 bits per heavy atom. The fraction of sp³-hybridized carbons (Fsp3) is 0.0909. The predicted octanol–water partition coefficient (Wildman–Crippen LogP) is 4.17. The van der Waals surface area contributed by atoms with E-state index in [0.717, 1.165) is 33.7 Å². The number of anilines is 2. The summed E-state index contributed by atoms with van der Waals surface area (Å²) in [6.45, 7) is 0.716. The molecule has 0 saturated carbocycles. The van der Waals surface area contributed by atoms with Crippen LogP contribution in [0.25, 0.3) is 22.2 Å². The topological polar surface area (TPSA) is 44.3 Å². The molecule has 0 saturated heterocycles. The highest BCUT2D eigenvalue weighted by atomic mass is 15.8. The molecule has 5 heteroatoms. The molecule has 0 aliphatic carbocycles. The highest BCUT2D eigenvalue weighted by molar-refractivity contribution is 5.79. The minimum atomic E-state index is 0.716. The van der Waals surface area contributed by atoms with Gasteiger partial charge in [-0.1, -0.05) is 42.5 Å². The molecule has 27 heavy (non-hydrogen) atoms. The lowest BCUT2D eigenvalue weighted by atomic mass is 10.1. The van der Waals surface area contributed by atoms with E-state index in [4.69, 9.17) is 4.98 Å². The van der Waals surface area contributed by atoms with Crippen LogP contribution in [0.3, 0.4) is 0 Å². The van der Waals surface area contributed by atoms with Gasteiger partial charge in [-0.2, -0.15) is 0 Å². The first-order valence-electron chi connectivity index (χ1n) is 8.96. The Bertz CT molecular complexity index is 1110. The molecule has 2 aromatic heterocycles. The van der Waals surface area contributed by atoms with Gasteiger partial charge in [-0.3, -0.25) is 15.0 Å². The maximum absolute atomic E-state index is 4.92. The van der Waals surface area contributed by atoms with Gasteiger partial charge in [0.15, 0.2) is 5.82 Å². The highest BCUT2D eigenvalue weighted by Gasteiger charge is 2.25. The third-order valence-electron chi connectivity index (χ3n) is 4.82. The van der Waals surface area contributed by atoms with E-state index in [1.165, 1.54) is 5.56 Å². The van der Waals surface area contributed by atoms with Gasteiger partial charge >= 0.3 is 0 Å². The Kier molecular flexibility index (Phi) is 3.73. The Morgan fingerprint density at radius 1 is 0.926 bits per heavy atom. The number of pyridine rings is 2. The first kappa shape index (κ1) is 15.8. The second-order valence-electron chi connectivity index (χ2n) is 6.68. The Balaban J connectivity index is 1.49. The van der Waals surface area contributed by atoms with Crippen molar-refractivity contribution in [1.29, 1.82) is 0 Å². The molecule has 0 fully saturated rings. The first-order chi connectivity index (χ1) is 13.3. The van der Waals surface area contributed by atoms with Crippen LogP contribution in [0.15, 0.2) is 79.0 Å². The van der Waals surface area contributed by atoms with Gasteiger partial charge in [-0.25, -0.2) is 4.98 Å². The summed E-state index contributed by atoms with van der Waals surface area (Å²) in [5, 5.41) is 5.23. The van der Waals surface area contributed by atoms with E-state index in [9.17, 15) is 0 Å². The smallest absolute Gasteiger partial charge is 0.170 e. The average molecular weight is 353 g/mol. The van der Waals surface area contributed by atoms with Crippen molar-refractivity contribution >= 4 is 22.4 Å². The normalized spacial score (nSPS) is 13.2. The average Bonchev–Trinajstić information content (AvgIpc) is 3.03. The summed E-state index contributed by atoms with van der Waals surface area (Å²) < 4.78 is 0. The molecule has 3 heterocycles. The number of nitrogens with zero attached hydrogens (tertiary/aromatic N) is 4. The Labute approximate surface area is 157 Å². The minimum Gasteiger partial charge on any atom is -0.290 e. The molecule has 2 aromatic carbocycles. The molecule has 132 valence electrons. The van der Waals surface area contributed by atoms with Crippen LogP contribution >= 0.6 is 0 Å². The zero-order valence-electron chi connectivity index (χ0n) is 15.0. The van der Waals surface area contributed by atoms with Crippen molar-refractivity contribution in [2.45, 2.75) is 6.54 Å². The number of hydrogen-bond acceptors (Lipinski definition) is 5. The number of hydrazine groups is 2. The van der Waals surface area contributed by atoms with Gasteiger partial charge in [0.2, 0.25) is 0 Å². The van der Waals surface area contributed by atoms with E-state index in [0.29, 0.717) is 6.54 Å². The third kappa shape index (κ3) is 2.88. The second kappa shape index (κ2) is 6.37. The Morgan fingerprint density at radius 2 is 1.81 bits per heavy atom. The second-order valence-corrected chi connectivity index (χ2v) is 6.68. The molecule has 5 rings (SSSR count). The van der Waals surface area contributed by atoms with E-state index in [-0.39, 0.29) is 0 Å². The maximum atomic E-state index is 4.92. The fourth-order valence-corrected chi connectivity index (χ4v) is 3.47. The molecule has 0 unspecified atom stereocenters. The van der Waals surface area contributed by atoms with Gasteiger partial charge < -0.3 is 0 Å². The standard InChI is InChI=1S/C22H19N5/c1-26-21-12-11-20(17-6-3-2-4-7-17)24-22(21)27(25-26)15-16-9-10-19-18(14-16)8-5-13-23-19/h2-14,25H,15H2,1H3. The monoisotopic (exact) mass is 353 g/mol. The molecule has 0 atom stereocenters. The van der Waals surface area contributed by atoms with Crippen LogP contribution in [0.2, 0.25) is 0 Å². The van der Waals surface area contributed by atoms with Crippen LogP contribution in [0.1, 0.15) is 5.56 Å². The lowest BCUT2D eigenvalue weighted by Gasteiger charge is -2.19. The summed E-state index contributed by atoms with van der Waals surface area (Å²) in [5.41, 5.74) is 8.75. The van der Waals surface area contributed by atoms with Crippen molar-refractivity contribution < 1.29 is 0 Å². The van der Waals surface area contributed by atoms with E-state index in [2.05, 4.69) is 64.1 Å². The zero-order valence-corrected chi connectivity index (χ0v) is 15.0. The number of nitrogens with one attached hydrogen (secondary N) is 1. The number of benzene rings is 2. The van der Waals surface area contributed by atoms with Crippen LogP contribution < -0.4 is 15.6 Å². The van der Waals surface area contributed by atoms with Crippen LogP contribution in [0, 0.1) is 0 Å². The number of aromatic nitrogens is 2. The molecule has 4 aromatic rings.